The molecule has 0 bridgehead atoms. The van der Waals surface area contributed by atoms with Crippen LogP contribution in [0.15, 0.2) is 72.8 Å². The number of carbonyl (C=O) groups excluding carboxylic acids is 1. The zero-order chi connectivity index (χ0) is 22.5. The molecule has 166 valence electrons. The molecule has 1 aliphatic heterocycles. The molecule has 7 heteroatoms. The maximum atomic E-state index is 13.5. The number of carbonyl (C=O) groups is 1. The summed E-state index contributed by atoms with van der Waals surface area (Å²) in [6.07, 6.45) is -0.407. The van der Waals surface area contributed by atoms with E-state index in [1.54, 1.807) is 60.5 Å². The second kappa shape index (κ2) is 9.78. The van der Waals surface area contributed by atoms with Crippen LogP contribution in [0.3, 0.4) is 0 Å². The molecule has 0 atom stereocenters. The second-order valence-electron chi connectivity index (χ2n) is 7.57. The average molecular weight is 438 g/mol. The summed E-state index contributed by atoms with van der Waals surface area (Å²) in [5.41, 5.74) is 1.82. The van der Waals surface area contributed by atoms with E-state index in [1.165, 1.54) is 24.3 Å². The summed E-state index contributed by atoms with van der Waals surface area (Å²) in [6, 6.07) is 19.3. The van der Waals surface area contributed by atoms with Crippen LogP contribution < -0.4 is 9.47 Å². The van der Waals surface area contributed by atoms with Gasteiger partial charge in [-0.15, -0.1) is 0 Å². The summed E-state index contributed by atoms with van der Waals surface area (Å²) in [6.45, 7) is 2.15. The molecule has 1 saturated heterocycles. The van der Waals surface area contributed by atoms with Crippen molar-refractivity contribution in [3.8, 4) is 11.5 Å². The largest absolute Gasteiger partial charge is 0.497 e. The van der Waals surface area contributed by atoms with Gasteiger partial charge in [-0.3, -0.25) is 4.90 Å². The van der Waals surface area contributed by atoms with Gasteiger partial charge in [0.05, 0.1) is 13.2 Å². The molecular weight excluding hydrogens is 414 g/mol. The highest BCUT2D eigenvalue weighted by molar-refractivity contribution is 5.70. The third kappa shape index (κ3) is 5.06. The summed E-state index contributed by atoms with van der Waals surface area (Å²) in [5, 5.41) is 0. The Morgan fingerprint density at radius 1 is 0.750 bits per heavy atom. The molecule has 1 fully saturated rings. The molecule has 0 unspecified atom stereocenters. The van der Waals surface area contributed by atoms with Crippen LogP contribution in [0.1, 0.15) is 17.2 Å². The highest BCUT2D eigenvalue weighted by atomic mass is 19.1. The van der Waals surface area contributed by atoms with Crippen molar-refractivity contribution in [1.82, 2.24) is 9.80 Å². The Morgan fingerprint density at radius 3 is 1.69 bits per heavy atom. The molecule has 0 aliphatic carbocycles. The molecule has 0 aromatic heterocycles. The van der Waals surface area contributed by atoms with Crippen LogP contribution >= 0.6 is 0 Å². The summed E-state index contributed by atoms with van der Waals surface area (Å²) < 4.78 is 37.5. The molecule has 5 nitrogen and oxygen atoms in total. The number of piperazine rings is 1. The first-order valence-electron chi connectivity index (χ1n) is 10.4. The minimum absolute atomic E-state index is 0.170. The normalized spacial score (nSPS) is 14.4. The molecule has 4 rings (SSSR count). The van der Waals surface area contributed by atoms with E-state index in [0.717, 1.165) is 11.1 Å². The van der Waals surface area contributed by atoms with Crippen molar-refractivity contribution in [2.24, 2.45) is 0 Å². The predicted molar refractivity (Wildman–Crippen MR) is 117 cm³/mol. The first kappa shape index (κ1) is 21.8. The van der Waals surface area contributed by atoms with E-state index >= 15 is 0 Å². The number of benzene rings is 3. The van der Waals surface area contributed by atoms with Crippen LogP contribution in [-0.4, -0.2) is 49.2 Å². The Labute approximate surface area is 185 Å². The molecule has 1 amide bonds. The van der Waals surface area contributed by atoms with E-state index in [-0.39, 0.29) is 17.7 Å². The van der Waals surface area contributed by atoms with Crippen LogP contribution in [0.4, 0.5) is 13.6 Å². The number of methoxy groups -OCH3 is 1. The maximum absolute atomic E-state index is 13.5. The lowest BCUT2D eigenvalue weighted by Crippen LogP contribution is -2.50. The van der Waals surface area contributed by atoms with Crippen molar-refractivity contribution in [2.45, 2.75) is 6.04 Å². The number of hydrogen-bond donors (Lipinski definition) is 0. The van der Waals surface area contributed by atoms with Crippen molar-refractivity contribution in [2.75, 3.05) is 33.3 Å². The number of amides is 1. The molecular formula is C25H24F2N2O3. The summed E-state index contributed by atoms with van der Waals surface area (Å²) >= 11 is 0. The fourth-order valence-electron chi connectivity index (χ4n) is 3.88. The van der Waals surface area contributed by atoms with Crippen LogP contribution in [-0.2, 0) is 0 Å². The van der Waals surface area contributed by atoms with E-state index < -0.39 is 6.09 Å². The van der Waals surface area contributed by atoms with Crippen LogP contribution in [0.25, 0.3) is 0 Å². The molecule has 3 aromatic carbocycles. The van der Waals surface area contributed by atoms with E-state index in [0.29, 0.717) is 37.7 Å². The molecule has 0 spiro atoms. The van der Waals surface area contributed by atoms with Crippen LogP contribution in [0, 0.1) is 11.6 Å². The molecule has 0 radical (unpaired) electrons. The Kier molecular flexibility index (Phi) is 6.66. The van der Waals surface area contributed by atoms with Crippen molar-refractivity contribution >= 4 is 6.09 Å². The quantitative estimate of drug-likeness (QED) is 0.570. The molecule has 3 aromatic rings. The Bertz CT molecular complexity index is 987. The van der Waals surface area contributed by atoms with Gasteiger partial charge in [0.2, 0.25) is 0 Å². The van der Waals surface area contributed by atoms with Gasteiger partial charge < -0.3 is 14.4 Å². The topological polar surface area (TPSA) is 42.0 Å². The summed E-state index contributed by atoms with van der Waals surface area (Å²) in [5.74, 6) is 0.523. The third-order valence-electron chi connectivity index (χ3n) is 5.57. The van der Waals surface area contributed by atoms with E-state index in [1.807, 2.05) is 0 Å². The Balaban J connectivity index is 1.45. The lowest BCUT2D eigenvalue weighted by atomic mass is 9.96. The monoisotopic (exact) mass is 438 g/mol. The first-order chi connectivity index (χ1) is 15.5. The zero-order valence-corrected chi connectivity index (χ0v) is 17.7. The number of rotatable bonds is 5. The molecule has 1 aliphatic rings. The van der Waals surface area contributed by atoms with Gasteiger partial charge in [0.25, 0.3) is 0 Å². The van der Waals surface area contributed by atoms with Crippen molar-refractivity contribution in [3.05, 3.63) is 95.6 Å². The first-order valence-corrected chi connectivity index (χ1v) is 10.4. The van der Waals surface area contributed by atoms with Gasteiger partial charge >= 0.3 is 6.09 Å². The Hall–Kier alpha value is -3.45. The Morgan fingerprint density at radius 2 is 1.22 bits per heavy atom. The molecule has 32 heavy (non-hydrogen) atoms. The van der Waals surface area contributed by atoms with Crippen molar-refractivity contribution < 1.29 is 23.0 Å². The SMILES string of the molecule is COc1ccc(OC(=O)N2CCN(C(c3ccc(F)cc3)c3ccc(F)cc3)CC2)cc1. The number of ether oxygens (including phenoxy) is 2. The van der Waals surface area contributed by atoms with Crippen LogP contribution in [0.5, 0.6) is 11.5 Å². The minimum atomic E-state index is -0.407. The lowest BCUT2D eigenvalue weighted by molar-refractivity contribution is 0.0974. The molecule has 1 heterocycles. The fraction of sp³-hybridized carbons (Fsp3) is 0.240. The predicted octanol–water partition coefficient (Wildman–Crippen LogP) is 4.88. The summed E-state index contributed by atoms with van der Waals surface area (Å²) in [4.78, 5) is 16.4. The molecule has 0 saturated carbocycles. The van der Waals surface area contributed by atoms with Gasteiger partial charge in [-0.1, -0.05) is 24.3 Å². The lowest BCUT2D eigenvalue weighted by Gasteiger charge is -2.39. The van der Waals surface area contributed by atoms with Crippen molar-refractivity contribution in [3.63, 3.8) is 0 Å². The average Bonchev–Trinajstić information content (AvgIpc) is 2.82. The van der Waals surface area contributed by atoms with Gasteiger partial charge in [-0.05, 0) is 59.7 Å². The molecule has 0 N–H and O–H groups in total. The highest BCUT2D eigenvalue weighted by Crippen LogP contribution is 2.30. The van der Waals surface area contributed by atoms with Gasteiger partial charge in [-0.2, -0.15) is 0 Å². The number of halogens is 2. The van der Waals surface area contributed by atoms with Crippen LogP contribution in [0.2, 0.25) is 0 Å². The van der Waals surface area contributed by atoms with Gasteiger partial charge in [0.15, 0.2) is 0 Å². The van der Waals surface area contributed by atoms with Gasteiger partial charge in [0, 0.05) is 26.2 Å². The smallest absolute Gasteiger partial charge is 0.415 e. The minimum Gasteiger partial charge on any atom is -0.497 e. The summed E-state index contributed by atoms with van der Waals surface area (Å²) in [7, 11) is 1.58. The fourth-order valence-corrected chi connectivity index (χ4v) is 3.88. The maximum Gasteiger partial charge on any atom is 0.415 e. The standard InChI is InChI=1S/C25H24F2N2O3/c1-31-22-10-12-23(13-11-22)32-25(30)29-16-14-28(15-17-29)24(18-2-6-20(26)7-3-18)19-4-8-21(27)9-5-19/h2-13,24H,14-17H2,1H3. The van der Waals surface area contributed by atoms with Gasteiger partial charge in [-0.25, -0.2) is 13.6 Å². The van der Waals surface area contributed by atoms with Gasteiger partial charge in [0.1, 0.15) is 23.1 Å². The second-order valence-corrected chi connectivity index (χ2v) is 7.57. The highest BCUT2D eigenvalue weighted by Gasteiger charge is 2.29. The van der Waals surface area contributed by atoms with Crippen molar-refractivity contribution in [1.29, 1.82) is 0 Å². The van der Waals surface area contributed by atoms with E-state index in [9.17, 15) is 13.6 Å². The number of hydrogen-bond acceptors (Lipinski definition) is 4. The van der Waals surface area contributed by atoms with E-state index in [2.05, 4.69) is 4.90 Å². The number of nitrogens with zero attached hydrogens (tertiary/aromatic N) is 2. The van der Waals surface area contributed by atoms with E-state index in [4.69, 9.17) is 9.47 Å². The zero-order valence-electron chi connectivity index (χ0n) is 17.7. The third-order valence-corrected chi connectivity index (χ3v) is 5.57.